The molecule has 6 rings (SSSR count). The molecule has 0 unspecified atom stereocenters. The van der Waals surface area contributed by atoms with Gasteiger partial charge in [0, 0.05) is 35.3 Å². The van der Waals surface area contributed by atoms with Gasteiger partial charge in [0.2, 0.25) is 5.91 Å². The molecule has 0 bridgehead atoms. The third-order valence-electron chi connectivity index (χ3n) is 7.17. The minimum absolute atomic E-state index is 0.0265. The Bertz CT molecular complexity index is 1560. The average Bonchev–Trinajstić information content (AvgIpc) is 3.72. The third-order valence-corrected chi connectivity index (χ3v) is 9.11. The van der Waals surface area contributed by atoms with Crippen molar-refractivity contribution < 1.29 is 14.3 Å². The number of ether oxygens (including phenoxy) is 1. The minimum atomic E-state index is -0.214. The Morgan fingerprint density at radius 1 is 1.18 bits per heavy atom. The van der Waals surface area contributed by atoms with Crippen LogP contribution in [0.5, 0.6) is 5.75 Å². The summed E-state index contributed by atoms with van der Waals surface area (Å²) in [5.74, 6) is 1.08. The maximum Gasteiger partial charge on any atom is 0.272 e. The van der Waals surface area contributed by atoms with Gasteiger partial charge in [0.05, 0.1) is 37.0 Å². The summed E-state index contributed by atoms with van der Waals surface area (Å²) >= 11 is 3.25. The zero-order valence-corrected chi connectivity index (χ0v) is 22.8. The van der Waals surface area contributed by atoms with Crippen LogP contribution in [0.1, 0.15) is 32.5 Å². The number of nitriles is 1. The second-order valence-electron chi connectivity index (χ2n) is 9.43. The van der Waals surface area contributed by atoms with E-state index in [-0.39, 0.29) is 30.4 Å². The number of carbonyl (C=O) groups is 2. The van der Waals surface area contributed by atoms with E-state index in [0.717, 1.165) is 27.0 Å². The fourth-order valence-electron chi connectivity index (χ4n) is 5.18. The quantitative estimate of drug-likeness (QED) is 0.345. The summed E-state index contributed by atoms with van der Waals surface area (Å²) < 4.78 is 7.36. The van der Waals surface area contributed by atoms with Crippen molar-refractivity contribution in [2.75, 3.05) is 30.9 Å². The summed E-state index contributed by atoms with van der Waals surface area (Å²) in [6.45, 7) is 0.353. The molecule has 2 aliphatic heterocycles. The van der Waals surface area contributed by atoms with Crippen LogP contribution in [0.4, 0.5) is 5.69 Å². The van der Waals surface area contributed by atoms with E-state index in [1.807, 2.05) is 52.4 Å². The van der Waals surface area contributed by atoms with E-state index in [1.165, 1.54) is 0 Å². The van der Waals surface area contributed by atoms with E-state index in [2.05, 4.69) is 17.1 Å². The zero-order valence-electron chi connectivity index (χ0n) is 21.2. The highest BCUT2D eigenvalue weighted by Gasteiger charge is 2.39. The number of aromatic nitrogens is 2. The lowest BCUT2D eigenvalue weighted by Gasteiger charge is -2.41. The SMILES string of the molecule is COc1cccc(N2C[C@H](Cc3cccs3)N(C(=O)c3cnc4n3[C@H](c3ccc(C#N)cc3)CS4)CC2=O)c1. The molecular formula is C29H25N5O3S2. The molecule has 39 heavy (non-hydrogen) atoms. The molecule has 2 aliphatic rings. The number of thiophene rings is 1. The number of nitrogens with zero attached hydrogens (tertiary/aromatic N) is 5. The van der Waals surface area contributed by atoms with E-state index < -0.39 is 0 Å². The molecule has 2 amide bonds. The molecule has 1 fully saturated rings. The third kappa shape index (κ3) is 4.80. The number of methoxy groups -OCH3 is 1. The van der Waals surface area contributed by atoms with Crippen molar-refractivity contribution in [1.82, 2.24) is 14.5 Å². The molecule has 2 aromatic heterocycles. The summed E-state index contributed by atoms with van der Waals surface area (Å²) in [6.07, 6.45) is 2.27. The fourth-order valence-corrected chi connectivity index (χ4v) is 7.10. The van der Waals surface area contributed by atoms with Crippen LogP contribution in [-0.4, -0.2) is 58.3 Å². The highest BCUT2D eigenvalue weighted by Crippen LogP contribution is 2.38. The molecule has 0 N–H and O–H groups in total. The Morgan fingerprint density at radius 2 is 2.03 bits per heavy atom. The summed E-state index contributed by atoms with van der Waals surface area (Å²) in [6, 6.07) is 20.8. The fraction of sp³-hybridized carbons (Fsp3) is 0.241. The highest BCUT2D eigenvalue weighted by atomic mass is 32.2. The average molecular weight is 556 g/mol. The van der Waals surface area contributed by atoms with E-state index in [0.29, 0.717) is 30.0 Å². The highest BCUT2D eigenvalue weighted by molar-refractivity contribution is 7.99. The number of anilines is 1. The van der Waals surface area contributed by atoms with Gasteiger partial charge in [0.25, 0.3) is 5.91 Å². The van der Waals surface area contributed by atoms with Crippen molar-refractivity contribution in [3.05, 3.63) is 93.9 Å². The predicted octanol–water partition coefficient (Wildman–Crippen LogP) is 4.62. The van der Waals surface area contributed by atoms with Crippen LogP contribution in [0, 0.1) is 11.3 Å². The Balaban J connectivity index is 1.32. The first-order chi connectivity index (χ1) is 19.1. The van der Waals surface area contributed by atoms with Crippen LogP contribution in [0.2, 0.25) is 0 Å². The number of fused-ring (bicyclic) bond motifs is 1. The summed E-state index contributed by atoms with van der Waals surface area (Å²) in [5, 5.41) is 12.0. The lowest BCUT2D eigenvalue weighted by molar-refractivity contribution is -0.121. The molecule has 4 aromatic rings. The first-order valence-corrected chi connectivity index (χ1v) is 14.4. The second kappa shape index (κ2) is 10.6. The van der Waals surface area contributed by atoms with Gasteiger partial charge in [-0.25, -0.2) is 4.98 Å². The van der Waals surface area contributed by atoms with Crippen molar-refractivity contribution in [3.63, 3.8) is 0 Å². The maximum absolute atomic E-state index is 14.2. The summed E-state index contributed by atoms with van der Waals surface area (Å²) in [5.41, 5.74) is 2.84. The van der Waals surface area contributed by atoms with E-state index in [1.54, 1.807) is 58.3 Å². The van der Waals surface area contributed by atoms with Crippen molar-refractivity contribution in [1.29, 1.82) is 5.26 Å². The van der Waals surface area contributed by atoms with Crippen molar-refractivity contribution in [2.24, 2.45) is 0 Å². The number of imidazole rings is 1. The van der Waals surface area contributed by atoms with Gasteiger partial charge in [-0.2, -0.15) is 5.26 Å². The van der Waals surface area contributed by atoms with Crippen LogP contribution >= 0.6 is 23.1 Å². The first kappa shape index (κ1) is 25.2. The molecule has 4 heterocycles. The Kier molecular flexibility index (Phi) is 6.85. The minimum Gasteiger partial charge on any atom is -0.497 e. The Labute approximate surface area is 234 Å². The lowest BCUT2D eigenvalue weighted by atomic mass is 10.0. The van der Waals surface area contributed by atoms with Gasteiger partial charge in [0.1, 0.15) is 18.0 Å². The standard InChI is InChI=1S/C29H25N5O3S2/c1-37-23-5-2-4-21(12-23)32-16-22(13-24-6-3-11-38-24)33(17-27(32)35)28(36)25-15-31-29-34(25)26(18-39-29)20-9-7-19(14-30)8-10-20/h2-12,15,22,26H,13,16-18H2,1H3/t22-,26-/m0/s1. The zero-order chi connectivity index (χ0) is 26.9. The van der Waals surface area contributed by atoms with E-state index >= 15 is 0 Å². The molecule has 1 saturated heterocycles. The molecule has 0 radical (unpaired) electrons. The molecule has 0 aliphatic carbocycles. The van der Waals surface area contributed by atoms with Gasteiger partial charge in [-0.15, -0.1) is 11.3 Å². The van der Waals surface area contributed by atoms with E-state index in [4.69, 9.17) is 4.74 Å². The van der Waals surface area contributed by atoms with Gasteiger partial charge in [-0.1, -0.05) is 36.0 Å². The first-order valence-electron chi connectivity index (χ1n) is 12.5. The number of amides is 2. The van der Waals surface area contributed by atoms with Crippen molar-refractivity contribution >= 4 is 40.6 Å². The molecule has 2 aromatic carbocycles. The van der Waals surface area contributed by atoms with Crippen LogP contribution in [0.15, 0.2) is 77.4 Å². The van der Waals surface area contributed by atoms with Crippen molar-refractivity contribution in [2.45, 2.75) is 23.7 Å². The molecular weight excluding hydrogens is 530 g/mol. The number of benzene rings is 2. The molecule has 0 spiro atoms. The van der Waals surface area contributed by atoms with Crippen LogP contribution in [0.25, 0.3) is 0 Å². The number of piperazine rings is 1. The van der Waals surface area contributed by atoms with Gasteiger partial charge >= 0.3 is 0 Å². The Hall–Kier alpha value is -4.07. The second-order valence-corrected chi connectivity index (χ2v) is 11.5. The van der Waals surface area contributed by atoms with E-state index in [9.17, 15) is 14.9 Å². The maximum atomic E-state index is 14.2. The van der Waals surface area contributed by atoms with Gasteiger partial charge in [-0.05, 0) is 41.3 Å². The topological polar surface area (TPSA) is 91.5 Å². The normalized spacial score (nSPS) is 18.6. The molecule has 196 valence electrons. The smallest absolute Gasteiger partial charge is 0.272 e. The number of thioether (sulfide) groups is 1. The molecule has 8 nitrogen and oxygen atoms in total. The predicted molar refractivity (Wildman–Crippen MR) is 150 cm³/mol. The number of carbonyl (C=O) groups excluding carboxylic acids is 2. The lowest BCUT2D eigenvalue weighted by Crippen LogP contribution is -2.59. The van der Waals surface area contributed by atoms with Crippen LogP contribution in [0.3, 0.4) is 0 Å². The molecule has 10 heteroatoms. The summed E-state index contributed by atoms with van der Waals surface area (Å²) in [4.78, 5) is 36.8. The van der Waals surface area contributed by atoms with Gasteiger partial charge in [-0.3, -0.25) is 9.59 Å². The largest absolute Gasteiger partial charge is 0.497 e. The van der Waals surface area contributed by atoms with Crippen LogP contribution in [-0.2, 0) is 11.2 Å². The molecule has 0 saturated carbocycles. The van der Waals surface area contributed by atoms with Crippen molar-refractivity contribution in [3.8, 4) is 11.8 Å². The number of rotatable bonds is 6. The van der Waals surface area contributed by atoms with Crippen LogP contribution < -0.4 is 9.64 Å². The van der Waals surface area contributed by atoms with Gasteiger partial charge in [0.15, 0.2) is 5.16 Å². The molecule has 2 atom stereocenters. The Morgan fingerprint density at radius 3 is 2.77 bits per heavy atom. The summed E-state index contributed by atoms with van der Waals surface area (Å²) in [7, 11) is 1.60. The van der Waals surface area contributed by atoms with Gasteiger partial charge < -0.3 is 19.1 Å². The number of hydrogen-bond acceptors (Lipinski definition) is 7. The number of hydrogen-bond donors (Lipinski definition) is 0. The monoisotopic (exact) mass is 555 g/mol.